The van der Waals surface area contributed by atoms with Gasteiger partial charge in [0.1, 0.15) is 18.7 Å². The molecule has 0 N–H and O–H groups in total. The van der Waals surface area contributed by atoms with Crippen molar-refractivity contribution in [1.82, 2.24) is 34.6 Å². The Labute approximate surface area is 159 Å². The van der Waals surface area contributed by atoms with E-state index >= 15 is 0 Å². The molecule has 0 spiro atoms. The molecule has 138 valence electrons. The van der Waals surface area contributed by atoms with Gasteiger partial charge in [0, 0.05) is 18.7 Å². The second-order valence-corrected chi connectivity index (χ2v) is 6.09. The number of hydrogen-bond acceptors (Lipinski definition) is 7. The molecule has 0 aliphatic carbocycles. The van der Waals surface area contributed by atoms with Gasteiger partial charge in [-0.2, -0.15) is 9.61 Å². The van der Waals surface area contributed by atoms with Gasteiger partial charge in [-0.25, -0.2) is 4.98 Å². The van der Waals surface area contributed by atoms with Crippen LogP contribution in [-0.4, -0.2) is 34.6 Å². The first-order chi connectivity index (χ1) is 13.8. The molecule has 0 radical (unpaired) electrons. The molecular weight excluding hydrogens is 358 g/mol. The third-order valence-corrected chi connectivity index (χ3v) is 4.32. The van der Waals surface area contributed by atoms with Crippen LogP contribution in [-0.2, 0) is 13.7 Å². The standard InChI is InChI=1S/C19H15N7O2/c1-25-17(20-12-21-25)11-28-19-14(15-8-5-9-27-15)10-16-22-23-18(26(16)24-19)13-6-3-2-4-7-13/h2-10,12H,11H2,1H3. The van der Waals surface area contributed by atoms with Gasteiger partial charge in [0.05, 0.1) is 11.8 Å². The van der Waals surface area contributed by atoms with Crippen LogP contribution < -0.4 is 4.74 Å². The average Bonchev–Trinajstić information content (AvgIpc) is 3.47. The average molecular weight is 373 g/mol. The quantitative estimate of drug-likeness (QED) is 0.467. The highest BCUT2D eigenvalue weighted by molar-refractivity contribution is 5.69. The molecule has 5 rings (SSSR count). The van der Waals surface area contributed by atoms with Gasteiger partial charge >= 0.3 is 0 Å². The van der Waals surface area contributed by atoms with E-state index in [0.717, 1.165) is 5.56 Å². The Morgan fingerprint density at radius 2 is 1.96 bits per heavy atom. The van der Waals surface area contributed by atoms with Crippen LogP contribution in [0.5, 0.6) is 5.88 Å². The zero-order valence-electron chi connectivity index (χ0n) is 14.9. The molecule has 0 aliphatic rings. The molecule has 9 nitrogen and oxygen atoms in total. The van der Waals surface area contributed by atoms with Crippen molar-refractivity contribution in [2.45, 2.75) is 6.61 Å². The zero-order chi connectivity index (χ0) is 18.9. The molecule has 0 fully saturated rings. The van der Waals surface area contributed by atoms with Crippen molar-refractivity contribution in [3.05, 3.63) is 66.9 Å². The maximum absolute atomic E-state index is 5.98. The van der Waals surface area contributed by atoms with Gasteiger partial charge in [0.15, 0.2) is 17.3 Å². The Balaban J connectivity index is 1.62. The van der Waals surface area contributed by atoms with Crippen LogP contribution in [0.3, 0.4) is 0 Å². The summed E-state index contributed by atoms with van der Waals surface area (Å²) in [5.74, 6) is 2.33. The van der Waals surface area contributed by atoms with Gasteiger partial charge < -0.3 is 9.15 Å². The summed E-state index contributed by atoms with van der Waals surface area (Å²) in [7, 11) is 1.81. The third kappa shape index (κ3) is 2.78. The summed E-state index contributed by atoms with van der Waals surface area (Å²) in [5, 5.41) is 17.3. The van der Waals surface area contributed by atoms with Crippen molar-refractivity contribution in [1.29, 1.82) is 0 Å². The number of rotatable bonds is 5. The minimum atomic E-state index is 0.214. The van der Waals surface area contributed by atoms with Gasteiger partial charge in [0.2, 0.25) is 5.88 Å². The van der Waals surface area contributed by atoms with Gasteiger partial charge in [-0.1, -0.05) is 30.3 Å². The number of nitrogens with zero attached hydrogens (tertiary/aromatic N) is 7. The highest BCUT2D eigenvalue weighted by Crippen LogP contribution is 2.31. The van der Waals surface area contributed by atoms with Crippen molar-refractivity contribution in [3.8, 4) is 28.6 Å². The van der Waals surface area contributed by atoms with Crippen molar-refractivity contribution < 1.29 is 9.15 Å². The van der Waals surface area contributed by atoms with Crippen molar-refractivity contribution in [2.24, 2.45) is 7.05 Å². The molecule has 0 amide bonds. The zero-order valence-corrected chi connectivity index (χ0v) is 14.9. The first-order valence-electron chi connectivity index (χ1n) is 8.61. The van der Waals surface area contributed by atoms with E-state index in [4.69, 9.17) is 9.15 Å². The lowest BCUT2D eigenvalue weighted by molar-refractivity contribution is 0.275. The number of aryl methyl sites for hydroxylation is 1. The summed E-state index contributed by atoms with van der Waals surface area (Å²) in [6.07, 6.45) is 3.08. The predicted molar refractivity (Wildman–Crippen MR) is 99.3 cm³/mol. The van der Waals surface area contributed by atoms with E-state index in [1.807, 2.05) is 55.6 Å². The lowest BCUT2D eigenvalue weighted by Crippen LogP contribution is -2.08. The maximum Gasteiger partial charge on any atom is 0.243 e. The van der Waals surface area contributed by atoms with E-state index in [1.54, 1.807) is 15.5 Å². The van der Waals surface area contributed by atoms with Crippen LogP contribution in [0, 0.1) is 0 Å². The SMILES string of the molecule is Cn1ncnc1COc1nn2c(-c3ccccc3)nnc2cc1-c1ccco1. The van der Waals surface area contributed by atoms with Crippen LogP contribution in [0.15, 0.2) is 65.5 Å². The number of aromatic nitrogens is 7. The number of benzene rings is 1. The minimum Gasteiger partial charge on any atom is -0.468 e. The van der Waals surface area contributed by atoms with Crippen LogP contribution in [0.1, 0.15) is 5.82 Å². The Morgan fingerprint density at radius 3 is 2.71 bits per heavy atom. The topological polar surface area (TPSA) is 96.2 Å². The molecule has 0 unspecified atom stereocenters. The number of ether oxygens (including phenoxy) is 1. The Kier molecular flexibility index (Phi) is 3.82. The molecule has 4 heterocycles. The summed E-state index contributed by atoms with van der Waals surface area (Å²) >= 11 is 0. The fourth-order valence-corrected chi connectivity index (χ4v) is 2.88. The minimum absolute atomic E-state index is 0.214. The van der Waals surface area contributed by atoms with Gasteiger partial charge in [-0.15, -0.1) is 15.3 Å². The number of furan rings is 1. The fraction of sp³-hybridized carbons (Fsp3) is 0.105. The second kappa shape index (κ2) is 6.62. The van der Waals surface area contributed by atoms with Crippen LogP contribution in [0.2, 0.25) is 0 Å². The summed E-state index contributed by atoms with van der Waals surface area (Å²) in [6.45, 7) is 0.214. The first kappa shape index (κ1) is 16.2. The van der Waals surface area contributed by atoms with Gasteiger partial charge in [-0.3, -0.25) is 4.68 Å². The van der Waals surface area contributed by atoms with Crippen molar-refractivity contribution in [2.75, 3.05) is 0 Å². The fourth-order valence-electron chi connectivity index (χ4n) is 2.88. The first-order valence-corrected chi connectivity index (χ1v) is 8.61. The molecule has 0 atom stereocenters. The molecule has 0 saturated carbocycles. The second-order valence-electron chi connectivity index (χ2n) is 6.09. The molecule has 4 aromatic heterocycles. The molecular formula is C19H15N7O2. The highest BCUT2D eigenvalue weighted by atomic mass is 16.5. The van der Waals surface area contributed by atoms with Crippen LogP contribution in [0.25, 0.3) is 28.4 Å². The van der Waals surface area contributed by atoms with E-state index in [0.29, 0.717) is 34.5 Å². The normalized spacial score (nSPS) is 11.2. The third-order valence-electron chi connectivity index (χ3n) is 4.32. The number of hydrogen-bond donors (Lipinski definition) is 0. The smallest absolute Gasteiger partial charge is 0.243 e. The van der Waals surface area contributed by atoms with Crippen LogP contribution in [0.4, 0.5) is 0 Å². The van der Waals surface area contributed by atoms with Gasteiger partial charge in [0.25, 0.3) is 0 Å². The monoisotopic (exact) mass is 373 g/mol. The highest BCUT2D eigenvalue weighted by Gasteiger charge is 2.18. The van der Waals surface area contributed by atoms with Crippen molar-refractivity contribution >= 4 is 5.65 Å². The molecule has 1 aromatic carbocycles. The summed E-state index contributed by atoms with van der Waals surface area (Å²) < 4.78 is 14.8. The molecule has 9 heteroatoms. The lowest BCUT2D eigenvalue weighted by Gasteiger charge is -2.10. The predicted octanol–water partition coefficient (Wildman–Crippen LogP) is 2.76. The summed E-state index contributed by atoms with van der Waals surface area (Å²) in [6, 6.07) is 15.2. The summed E-state index contributed by atoms with van der Waals surface area (Å²) in [4.78, 5) is 4.18. The van der Waals surface area contributed by atoms with E-state index in [9.17, 15) is 0 Å². The molecule has 5 aromatic rings. The van der Waals surface area contributed by atoms with E-state index in [2.05, 4.69) is 25.4 Å². The van der Waals surface area contributed by atoms with Crippen molar-refractivity contribution in [3.63, 3.8) is 0 Å². The Hall–Kier alpha value is -4.01. The van der Waals surface area contributed by atoms with Crippen LogP contribution >= 0.6 is 0 Å². The summed E-state index contributed by atoms with van der Waals surface area (Å²) in [5.41, 5.74) is 2.19. The lowest BCUT2D eigenvalue weighted by atomic mass is 10.2. The maximum atomic E-state index is 5.98. The Bertz CT molecular complexity index is 1230. The molecule has 0 saturated heterocycles. The molecule has 0 aliphatic heterocycles. The van der Waals surface area contributed by atoms with E-state index in [-0.39, 0.29) is 6.61 Å². The largest absolute Gasteiger partial charge is 0.468 e. The molecule has 28 heavy (non-hydrogen) atoms. The molecule has 0 bridgehead atoms. The Morgan fingerprint density at radius 1 is 1.07 bits per heavy atom. The number of fused-ring (bicyclic) bond motifs is 1. The van der Waals surface area contributed by atoms with E-state index in [1.165, 1.54) is 6.33 Å². The van der Waals surface area contributed by atoms with E-state index < -0.39 is 0 Å². The van der Waals surface area contributed by atoms with Gasteiger partial charge in [-0.05, 0) is 12.1 Å².